The van der Waals surface area contributed by atoms with Crippen LogP contribution in [-0.2, 0) is 17.6 Å². The number of anilines is 2. The van der Waals surface area contributed by atoms with Gasteiger partial charge in [-0.15, -0.1) is 0 Å². The van der Waals surface area contributed by atoms with Crippen LogP contribution in [0.1, 0.15) is 32.8 Å². The Hall–Kier alpha value is -2.52. The SMILES string of the molecule is CN(C(=O)O)[C@@H]1CCN(c2nc(N)nc3c2[S+]([O-])CCc2ccccc2-3)C1C(C)(C)C. The summed E-state index contributed by atoms with van der Waals surface area (Å²) in [5.74, 6) is 1.18. The van der Waals surface area contributed by atoms with Crippen molar-refractivity contribution in [2.24, 2.45) is 5.41 Å². The number of rotatable bonds is 2. The molecule has 2 unspecified atom stereocenters. The monoisotopic (exact) mass is 443 g/mol. The van der Waals surface area contributed by atoms with Crippen LogP contribution in [0.4, 0.5) is 16.6 Å². The number of fused-ring (bicyclic) bond motifs is 3. The maximum atomic E-state index is 13.4. The molecule has 1 aromatic carbocycles. The lowest BCUT2D eigenvalue weighted by Gasteiger charge is -2.41. The third-order valence-corrected chi connectivity index (χ3v) is 7.65. The van der Waals surface area contributed by atoms with Gasteiger partial charge in [-0.3, -0.25) is 0 Å². The molecule has 0 radical (unpaired) electrons. The number of hydrogen-bond donors (Lipinski definition) is 2. The molecule has 8 nitrogen and oxygen atoms in total. The van der Waals surface area contributed by atoms with Gasteiger partial charge in [0, 0.05) is 25.6 Å². The minimum absolute atomic E-state index is 0.130. The summed E-state index contributed by atoms with van der Waals surface area (Å²) in [6.07, 6.45) is 0.387. The lowest BCUT2D eigenvalue weighted by molar-refractivity contribution is 0.121. The van der Waals surface area contributed by atoms with Crippen molar-refractivity contribution < 1.29 is 14.5 Å². The van der Waals surface area contributed by atoms with Crippen LogP contribution in [0.5, 0.6) is 0 Å². The second-order valence-electron chi connectivity index (χ2n) is 9.29. The van der Waals surface area contributed by atoms with Gasteiger partial charge in [0.25, 0.3) is 0 Å². The second kappa shape index (κ2) is 7.87. The number of amides is 1. The van der Waals surface area contributed by atoms with Crippen LogP contribution in [0.2, 0.25) is 0 Å². The minimum Gasteiger partial charge on any atom is -0.611 e. The molecule has 1 aromatic heterocycles. The summed E-state index contributed by atoms with van der Waals surface area (Å²) in [5.41, 5.74) is 8.55. The van der Waals surface area contributed by atoms with E-state index in [1.807, 2.05) is 24.3 Å². The highest BCUT2D eigenvalue weighted by molar-refractivity contribution is 7.91. The van der Waals surface area contributed by atoms with Crippen LogP contribution in [0.15, 0.2) is 29.2 Å². The fraction of sp³-hybridized carbons (Fsp3) is 0.500. The van der Waals surface area contributed by atoms with Crippen molar-refractivity contribution in [1.82, 2.24) is 14.9 Å². The standard InChI is InChI=1S/C22H29N5O3S/c1-22(2,3)18-15(26(4)21(28)29)9-11-27(18)19-17-16(24-20(23)25-19)14-8-6-5-7-13(14)10-12-31(17)30/h5-8,15,18H,9-12H2,1-4H3,(H,28,29)(H2,23,24,25)/t15-,18?,31?/m1/s1. The highest BCUT2D eigenvalue weighted by atomic mass is 32.2. The van der Waals surface area contributed by atoms with Gasteiger partial charge in [-0.05, 0) is 28.6 Å². The molecule has 2 aromatic rings. The average Bonchev–Trinajstić information content (AvgIpc) is 3.11. The number of nitrogens with zero attached hydrogens (tertiary/aromatic N) is 4. The van der Waals surface area contributed by atoms with Gasteiger partial charge in [0.15, 0.2) is 5.82 Å². The Morgan fingerprint density at radius 3 is 2.71 bits per heavy atom. The predicted octanol–water partition coefficient (Wildman–Crippen LogP) is 2.99. The molecular formula is C22H29N5O3S. The van der Waals surface area contributed by atoms with E-state index in [0.717, 1.165) is 11.1 Å². The van der Waals surface area contributed by atoms with Crippen molar-refractivity contribution in [3.63, 3.8) is 0 Å². The van der Waals surface area contributed by atoms with Gasteiger partial charge in [-0.2, -0.15) is 4.98 Å². The second-order valence-corrected chi connectivity index (χ2v) is 10.8. The van der Waals surface area contributed by atoms with Gasteiger partial charge in [-0.25, -0.2) is 9.78 Å². The zero-order valence-electron chi connectivity index (χ0n) is 18.3. The molecule has 9 heteroatoms. The normalized spacial score (nSPS) is 23.1. The molecule has 3 N–H and O–H groups in total. The first-order valence-corrected chi connectivity index (χ1v) is 11.8. The summed E-state index contributed by atoms with van der Waals surface area (Å²) in [6.45, 7) is 6.88. The predicted molar refractivity (Wildman–Crippen MR) is 122 cm³/mol. The molecule has 4 rings (SSSR count). The van der Waals surface area contributed by atoms with E-state index in [-0.39, 0.29) is 23.4 Å². The number of nitrogen functional groups attached to an aromatic ring is 1. The van der Waals surface area contributed by atoms with Crippen LogP contribution in [0, 0.1) is 5.41 Å². The summed E-state index contributed by atoms with van der Waals surface area (Å²) in [4.78, 5) is 24.9. The Kier molecular flexibility index (Phi) is 5.51. The van der Waals surface area contributed by atoms with Crippen LogP contribution in [0.25, 0.3) is 11.3 Å². The number of hydrogen-bond acceptors (Lipinski definition) is 6. The molecule has 1 fully saturated rings. The van der Waals surface area contributed by atoms with Gasteiger partial charge in [0.2, 0.25) is 10.8 Å². The number of aromatic nitrogens is 2. The van der Waals surface area contributed by atoms with Gasteiger partial charge >= 0.3 is 6.09 Å². The summed E-state index contributed by atoms with van der Waals surface area (Å²) in [6, 6.07) is 7.57. The van der Waals surface area contributed by atoms with Crippen LogP contribution >= 0.6 is 0 Å². The number of benzene rings is 1. The molecule has 31 heavy (non-hydrogen) atoms. The van der Waals surface area contributed by atoms with E-state index in [0.29, 0.717) is 41.5 Å². The molecule has 166 valence electrons. The van der Waals surface area contributed by atoms with Crippen LogP contribution < -0.4 is 10.6 Å². The van der Waals surface area contributed by atoms with Crippen molar-refractivity contribution >= 4 is 29.0 Å². The van der Waals surface area contributed by atoms with Gasteiger partial charge in [0.05, 0.1) is 12.1 Å². The average molecular weight is 444 g/mol. The summed E-state index contributed by atoms with van der Waals surface area (Å²) < 4.78 is 13.4. The Balaban J connectivity index is 1.89. The summed E-state index contributed by atoms with van der Waals surface area (Å²) in [5, 5.41) is 9.62. The third kappa shape index (κ3) is 3.80. The van der Waals surface area contributed by atoms with E-state index >= 15 is 0 Å². The molecule has 0 bridgehead atoms. The molecule has 1 saturated heterocycles. The topological polar surface area (TPSA) is 119 Å². The van der Waals surface area contributed by atoms with Crippen molar-refractivity contribution in [2.45, 2.75) is 50.6 Å². The van der Waals surface area contributed by atoms with Crippen molar-refractivity contribution in [2.75, 3.05) is 30.0 Å². The fourth-order valence-electron chi connectivity index (χ4n) is 4.92. The molecule has 0 saturated carbocycles. The Morgan fingerprint density at radius 1 is 1.32 bits per heavy atom. The molecular weight excluding hydrogens is 414 g/mol. The number of carboxylic acid groups (broad SMARTS) is 1. The maximum Gasteiger partial charge on any atom is 0.407 e. The Labute approximate surface area is 185 Å². The third-order valence-electron chi connectivity index (χ3n) is 6.25. The first-order chi connectivity index (χ1) is 14.6. The van der Waals surface area contributed by atoms with Gasteiger partial charge < -0.3 is 25.2 Å². The highest BCUT2D eigenvalue weighted by Crippen LogP contribution is 2.44. The maximum absolute atomic E-state index is 13.4. The van der Waals surface area contributed by atoms with Crippen molar-refractivity contribution in [3.05, 3.63) is 29.8 Å². The number of nitrogens with two attached hydrogens (primary N) is 1. The minimum atomic E-state index is -1.30. The number of likely N-dealkylation sites (N-methyl/N-ethyl adjacent to an activating group) is 1. The molecule has 1 amide bonds. The Bertz CT molecular complexity index is 1010. The smallest absolute Gasteiger partial charge is 0.407 e. The van der Waals surface area contributed by atoms with E-state index in [1.165, 1.54) is 4.90 Å². The molecule has 2 aliphatic rings. The van der Waals surface area contributed by atoms with Crippen molar-refractivity contribution in [1.29, 1.82) is 0 Å². The Morgan fingerprint density at radius 2 is 2.03 bits per heavy atom. The quantitative estimate of drug-likeness (QED) is 0.685. The van der Waals surface area contributed by atoms with E-state index in [4.69, 9.17) is 5.73 Å². The zero-order chi connectivity index (χ0) is 22.5. The number of carbonyl (C=O) groups is 1. The zero-order valence-corrected chi connectivity index (χ0v) is 19.1. The first kappa shape index (κ1) is 21.7. The molecule has 3 heterocycles. The summed E-state index contributed by atoms with van der Waals surface area (Å²) in [7, 11) is 1.61. The van der Waals surface area contributed by atoms with E-state index < -0.39 is 17.3 Å². The molecule has 0 aliphatic carbocycles. The fourth-order valence-corrected chi connectivity index (χ4v) is 6.27. The largest absolute Gasteiger partial charge is 0.611 e. The highest BCUT2D eigenvalue weighted by Gasteiger charge is 2.47. The van der Waals surface area contributed by atoms with Crippen LogP contribution in [-0.4, -0.2) is 62.0 Å². The van der Waals surface area contributed by atoms with E-state index in [1.54, 1.807) is 7.05 Å². The first-order valence-electron chi connectivity index (χ1n) is 10.5. The van der Waals surface area contributed by atoms with Gasteiger partial charge in [0.1, 0.15) is 11.4 Å². The molecule has 0 spiro atoms. The van der Waals surface area contributed by atoms with Crippen LogP contribution in [0.3, 0.4) is 0 Å². The molecule has 2 aliphatic heterocycles. The molecule has 3 atom stereocenters. The van der Waals surface area contributed by atoms with Gasteiger partial charge in [-0.1, -0.05) is 45.0 Å². The lowest BCUT2D eigenvalue weighted by atomic mass is 9.82. The van der Waals surface area contributed by atoms with E-state index in [9.17, 15) is 14.5 Å². The van der Waals surface area contributed by atoms with E-state index in [2.05, 4.69) is 35.6 Å². The summed E-state index contributed by atoms with van der Waals surface area (Å²) >= 11 is -1.30. The lowest BCUT2D eigenvalue weighted by Crippen LogP contribution is -2.52. The van der Waals surface area contributed by atoms with Crippen molar-refractivity contribution in [3.8, 4) is 11.3 Å². The number of aryl methyl sites for hydroxylation is 1.